The van der Waals surface area contributed by atoms with Gasteiger partial charge in [-0.05, 0) is 24.8 Å². The van der Waals surface area contributed by atoms with Crippen molar-refractivity contribution in [2.24, 2.45) is 22.1 Å². The smallest absolute Gasteiger partial charge is 0.189 e. The number of rotatable bonds is 4. The Hall–Kier alpha value is -1.59. The van der Waals surface area contributed by atoms with Gasteiger partial charge in [0.15, 0.2) is 5.96 Å². The molecule has 4 rings (SSSR count). The summed E-state index contributed by atoms with van der Waals surface area (Å²) in [5, 5.41) is 3.48. The minimum atomic E-state index is 0.104. The van der Waals surface area contributed by atoms with Gasteiger partial charge in [-0.2, -0.15) is 0 Å². The predicted octanol–water partition coefficient (Wildman–Crippen LogP) is 2.37. The summed E-state index contributed by atoms with van der Waals surface area (Å²) in [5.41, 5.74) is 7.75. The summed E-state index contributed by atoms with van der Waals surface area (Å²) in [6.45, 7) is 8.63. The van der Waals surface area contributed by atoms with Gasteiger partial charge < -0.3 is 15.8 Å². The fraction of sp³-hybridized carbons (Fsp3) is 0.667. The number of hydrogen-bond donors (Lipinski definition) is 2. The van der Waals surface area contributed by atoms with E-state index in [0.717, 1.165) is 45.5 Å². The van der Waals surface area contributed by atoms with Crippen molar-refractivity contribution in [2.75, 3.05) is 19.7 Å². The van der Waals surface area contributed by atoms with Crippen molar-refractivity contribution in [3.05, 3.63) is 35.9 Å². The molecule has 3 fully saturated rings. The average molecular weight is 357 g/mol. The third-order valence-electron chi connectivity index (χ3n) is 6.51. The largest absolute Gasteiger partial charge is 0.377 e. The highest BCUT2D eigenvalue weighted by atomic mass is 16.5. The molecule has 1 saturated carbocycles. The van der Waals surface area contributed by atoms with Crippen LogP contribution in [-0.4, -0.2) is 48.7 Å². The van der Waals surface area contributed by atoms with Crippen molar-refractivity contribution in [1.82, 2.24) is 10.2 Å². The molecule has 3 atom stereocenters. The van der Waals surface area contributed by atoms with Crippen LogP contribution in [0.2, 0.25) is 0 Å². The molecule has 1 aromatic carbocycles. The molecule has 5 nitrogen and oxygen atoms in total. The van der Waals surface area contributed by atoms with E-state index in [2.05, 4.69) is 54.4 Å². The molecule has 3 N–H and O–H groups in total. The van der Waals surface area contributed by atoms with Gasteiger partial charge in [0.1, 0.15) is 0 Å². The summed E-state index contributed by atoms with van der Waals surface area (Å²) < 4.78 is 5.85. The van der Waals surface area contributed by atoms with Crippen LogP contribution in [0.25, 0.3) is 0 Å². The number of aliphatic imine (C=N–C) groups is 1. The Morgan fingerprint density at radius 1 is 1.23 bits per heavy atom. The van der Waals surface area contributed by atoms with Crippen molar-refractivity contribution in [3.63, 3.8) is 0 Å². The van der Waals surface area contributed by atoms with Gasteiger partial charge in [-0.25, -0.2) is 4.99 Å². The lowest BCUT2D eigenvalue weighted by Crippen LogP contribution is -2.60. The van der Waals surface area contributed by atoms with Crippen molar-refractivity contribution < 1.29 is 4.74 Å². The summed E-state index contributed by atoms with van der Waals surface area (Å²) in [4.78, 5) is 7.37. The number of guanidine groups is 1. The quantitative estimate of drug-likeness (QED) is 0.642. The highest BCUT2D eigenvalue weighted by Crippen LogP contribution is 2.53. The molecule has 1 aliphatic carbocycles. The first-order chi connectivity index (χ1) is 12.5. The van der Waals surface area contributed by atoms with Crippen molar-refractivity contribution in [2.45, 2.75) is 57.8 Å². The van der Waals surface area contributed by atoms with E-state index in [1.807, 2.05) is 0 Å². The van der Waals surface area contributed by atoms with Crippen LogP contribution in [0.15, 0.2) is 35.3 Å². The lowest BCUT2D eigenvalue weighted by Gasteiger charge is -2.52. The molecular formula is C21H32N4O. The van der Waals surface area contributed by atoms with E-state index >= 15 is 0 Å². The van der Waals surface area contributed by atoms with Gasteiger partial charge >= 0.3 is 0 Å². The van der Waals surface area contributed by atoms with Gasteiger partial charge in [0.2, 0.25) is 0 Å². The summed E-state index contributed by atoms with van der Waals surface area (Å²) >= 11 is 0. The summed E-state index contributed by atoms with van der Waals surface area (Å²) in [6.07, 6.45) is 3.72. The molecule has 3 unspecified atom stereocenters. The lowest BCUT2D eigenvalue weighted by molar-refractivity contribution is -0.0986. The highest BCUT2D eigenvalue weighted by Gasteiger charge is 2.59. The van der Waals surface area contributed by atoms with Crippen LogP contribution in [0.1, 0.15) is 38.7 Å². The molecule has 2 saturated heterocycles. The minimum Gasteiger partial charge on any atom is -0.377 e. The molecule has 0 bridgehead atoms. The first-order valence-corrected chi connectivity index (χ1v) is 10.0. The molecule has 26 heavy (non-hydrogen) atoms. The number of hydrogen-bond acceptors (Lipinski definition) is 3. The third-order valence-corrected chi connectivity index (χ3v) is 6.51. The molecule has 1 aromatic rings. The Morgan fingerprint density at radius 3 is 2.69 bits per heavy atom. The Kier molecular flexibility index (Phi) is 4.93. The predicted molar refractivity (Wildman–Crippen MR) is 105 cm³/mol. The summed E-state index contributed by atoms with van der Waals surface area (Å²) in [7, 11) is 0. The Labute approximate surface area is 157 Å². The van der Waals surface area contributed by atoms with Crippen LogP contribution in [0.4, 0.5) is 0 Å². The molecule has 5 heteroatoms. The number of nitrogens with zero attached hydrogens (tertiary/aromatic N) is 2. The average Bonchev–Trinajstić information content (AvgIpc) is 3.10. The van der Waals surface area contributed by atoms with E-state index < -0.39 is 0 Å². The Balaban J connectivity index is 1.26. The zero-order valence-corrected chi connectivity index (χ0v) is 16.0. The Bertz CT molecular complexity index is 637. The maximum absolute atomic E-state index is 6.26. The number of benzene rings is 1. The topological polar surface area (TPSA) is 62.9 Å². The maximum atomic E-state index is 6.26. The standard InChI is InChI=1S/C21H32N4O/c1-21(2)18(17-10-13-26-19(17)21)24-20(22)23-16-8-11-25(12-9-16)14-15-6-4-3-5-7-15/h3-7,16-19H,8-14H2,1-2H3,(H3,22,23,24). The molecule has 2 aliphatic heterocycles. The van der Waals surface area contributed by atoms with Crippen LogP contribution >= 0.6 is 0 Å². The molecule has 0 radical (unpaired) electrons. The number of piperidine rings is 1. The van der Waals surface area contributed by atoms with Crippen LogP contribution in [0.3, 0.4) is 0 Å². The van der Waals surface area contributed by atoms with E-state index in [0.29, 0.717) is 30.1 Å². The van der Waals surface area contributed by atoms with Gasteiger partial charge in [0.25, 0.3) is 0 Å². The zero-order valence-electron chi connectivity index (χ0n) is 16.0. The highest BCUT2D eigenvalue weighted by molar-refractivity contribution is 5.78. The van der Waals surface area contributed by atoms with Crippen LogP contribution in [0.5, 0.6) is 0 Å². The number of likely N-dealkylation sites (tertiary alicyclic amines) is 1. The van der Waals surface area contributed by atoms with Crippen LogP contribution in [0, 0.1) is 11.3 Å². The molecular weight excluding hydrogens is 324 g/mol. The Morgan fingerprint density at radius 2 is 1.96 bits per heavy atom. The van der Waals surface area contributed by atoms with Gasteiger partial charge in [-0.1, -0.05) is 44.2 Å². The number of fused-ring (bicyclic) bond motifs is 1. The first-order valence-electron chi connectivity index (χ1n) is 10.0. The van der Waals surface area contributed by atoms with Crippen LogP contribution < -0.4 is 11.1 Å². The van der Waals surface area contributed by atoms with Crippen LogP contribution in [-0.2, 0) is 11.3 Å². The van der Waals surface area contributed by atoms with Gasteiger partial charge in [0.05, 0.1) is 12.1 Å². The van der Waals surface area contributed by atoms with Gasteiger partial charge in [0, 0.05) is 43.6 Å². The second-order valence-electron chi connectivity index (χ2n) is 8.70. The van der Waals surface area contributed by atoms with E-state index in [1.54, 1.807) is 0 Å². The maximum Gasteiger partial charge on any atom is 0.189 e. The second kappa shape index (κ2) is 7.20. The summed E-state index contributed by atoms with van der Waals surface area (Å²) in [5.74, 6) is 1.17. The number of nitrogens with two attached hydrogens (primary N) is 1. The molecule has 3 aliphatic rings. The van der Waals surface area contributed by atoms with E-state index in [1.165, 1.54) is 5.56 Å². The molecule has 0 aromatic heterocycles. The van der Waals surface area contributed by atoms with Gasteiger partial charge in [-0.15, -0.1) is 0 Å². The fourth-order valence-corrected chi connectivity index (χ4v) is 5.03. The molecule has 2 heterocycles. The van der Waals surface area contributed by atoms with Gasteiger partial charge in [-0.3, -0.25) is 4.90 Å². The van der Waals surface area contributed by atoms with Crippen molar-refractivity contribution in [1.29, 1.82) is 0 Å². The fourth-order valence-electron chi connectivity index (χ4n) is 5.03. The number of ether oxygens (including phenoxy) is 1. The monoisotopic (exact) mass is 356 g/mol. The first kappa shape index (κ1) is 17.8. The van der Waals surface area contributed by atoms with Crippen molar-refractivity contribution in [3.8, 4) is 0 Å². The number of nitrogens with one attached hydrogen (secondary N) is 1. The zero-order chi connectivity index (χ0) is 18.1. The minimum absolute atomic E-state index is 0.104. The van der Waals surface area contributed by atoms with E-state index in [9.17, 15) is 0 Å². The molecule has 0 spiro atoms. The third kappa shape index (κ3) is 3.47. The SMILES string of the molecule is CC1(C)C(N=C(N)NC2CCN(Cc3ccccc3)CC2)C2CCOC21. The second-order valence-corrected chi connectivity index (χ2v) is 8.70. The summed E-state index contributed by atoms with van der Waals surface area (Å²) in [6, 6.07) is 11.4. The van der Waals surface area contributed by atoms with Crippen molar-refractivity contribution >= 4 is 5.96 Å². The van der Waals surface area contributed by atoms with E-state index in [-0.39, 0.29) is 5.41 Å². The molecule has 0 amide bonds. The molecule has 142 valence electrons. The lowest BCUT2D eigenvalue weighted by atomic mass is 9.57. The van der Waals surface area contributed by atoms with E-state index in [4.69, 9.17) is 15.5 Å². The normalized spacial score (nSPS) is 32.1.